The molecule has 26 heavy (non-hydrogen) atoms. The number of carbonyl (C=O) groups is 1. The van der Waals surface area contributed by atoms with Crippen LogP contribution in [0.2, 0.25) is 0 Å². The topological polar surface area (TPSA) is 44.4 Å². The molecule has 0 aliphatic carbocycles. The Kier molecular flexibility index (Phi) is 6.26. The van der Waals surface area contributed by atoms with Gasteiger partial charge in [-0.2, -0.15) is 13.2 Å². The average Bonchev–Trinajstić information content (AvgIpc) is 2.56. The maximum atomic E-state index is 13.0. The van der Waals surface area contributed by atoms with E-state index in [2.05, 4.69) is 10.6 Å². The second kappa shape index (κ2) is 8.23. The monoisotopic (exact) mass is 365 g/mol. The maximum absolute atomic E-state index is 13.0. The molecule has 2 N–H and O–H groups in total. The molecule has 0 saturated heterocycles. The number of likely N-dealkylation sites (N-methyl/N-ethyl adjacent to an activating group) is 1. The van der Waals surface area contributed by atoms with Crippen LogP contribution in [0.3, 0.4) is 0 Å². The fourth-order valence-corrected chi connectivity index (χ4v) is 2.58. The summed E-state index contributed by atoms with van der Waals surface area (Å²) in [6, 6.07) is 12.0. The molecule has 0 aliphatic rings. The summed E-state index contributed by atoms with van der Waals surface area (Å²) in [4.78, 5) is 14.0. The SMILES string of the molecule is Cc1ccc(C(CNC(=O)Nc2ccccc2C(F)(F)F)N(C)C)cc1. The molecule has 0 heterocycles. The molecule has 0 fully saturated rings. The third kappa shape index (κ3) is 5.23. The predicted molar refractivity (Wildman–Crippen MR) is 96.1 cm³/mol. The minimum Gasteiger partial charge on any atom is -0.336 e. The van der Waals surface area contributed by atoms with E-state index >= 15 is 0 Å². The van der Waals surface area contributed by atoms with Crippen molar-refractivity contribution in [1.29, 1.82) is 0 Å². The lowest BCUT2D eigenvalue weighted by molar-refractivity contribution is -0.136. The normalized spacial score (nSPS) is 12.7. The van der Waals surface area contributed by atoms with Crippen molar-refractivity contribution in [2.75, 3.05) is 26.0 Å². The maximum Gasteiger partial charge on any atom is 0.418 e. The lowest BCUT2D eigenvalue weighted by Gasteiger charge is -2.25. The van der Waals surface area contributed by atoms with Gasteiger partial charge in [0.15, 0.2) is 0 Å². The molecule has 0 bridgehead atoms. The summed E-state index contributed by atoms with van der Waals surface area (Å²) in [6.07, 6.45) is -4.53. The summed E-state index contributed by atoms with van der Waals surface area (Å²) >= 11 is 0. The van der Waals surface area contributed by atoms with Gasteiger partial charge in [-0.3, -0.25) is 0 Å². The first kappa shape index (κ1) is 19.8. The highest BCUT2D eigenvalue weighted by atomic mass is 19.4. The Labute approximate surface area is 151 Å². The van der Waals surface area contributed by atoms with Gasteiger partial charge < -0.3 is 15.5 Å². The van der Waals surface area contributed by atoms with Crippen molar-refractivity contribution >= 4 is 11.7 Å². The number of nitrogens with one attached hydrogen (secondary N) is 2. The van der Waals surface area contributed by atoms with E-state index in [9.17, 15) is 18.0 Å². The molecule has 0 aliphatic heterocycles. The van der Waals surface area contributed by atoms with Crippen LogP contribution < -0.4 is 10.6 Å². The van der Waals surface area contributed by atoms with E-state index in [1.165, 1.54) is 18.2 Å². The van der Waals surface area contributed by atoms with Crippen LogP contribution in [0.4, 0.5) is 23.7 Å². The number of nitrogens with zero attached hydrogens (tertiary/aromatic N) is 1. The van der Waals surface area contributed by atoms with Crippen LogP contribution >= 0.6 is 0 Å². The molecule has 0 radical (unpaired) electrons. The summed E-state index contributed by atoms with van der Waals surface area (Å²) in [5.74, 6) is 0. The highest BCUT2D eigenvalue weighted by molar-refractivity contribution is 5.90. The molecule has 0 aromatic heterocycles. The summed E-state index contributed by atoms with van der Waals surface area (Å²) in [5.41, 5.74) is 0.990. The van der Waals surface area contributed by atoms with Gasteiger partial charge in [-0.25, -0.2) is 4.79 Å². The molecule has 2 aromatic carbocycles. The minimum absolute atomic E-state index is 0.0980. The first-order valence-electron chi connectivity index (χ1n) is 8.12. The Morgan fingerprint density at radius 3 is 2.27 bits per heavy atom. The number of halogens is 3. The summed E-state index contributed by atoms with van der Waals surface area (Å²) < 4.78 is 39.0. The van der Waals surface area contributed by atoms with Gasteiger partial charge in [-0.05, 0) is 38.7 Å². The molecule has 4 nitrogen and oxygen atoms in total. The Morgan fingerprint density at radius 2 is 1.69 bits per heavy atom. The molecule has 140 valence electrons. The second-order valence-electron chi connectivity index (χ2n) is 6.27. The van der Waals surface area contributed by atoms with Crippen molar-refractivity contribution in [1.82, 2.24) is 10.2 Å². The van der Waals surface area contributed by atoms with Crippen LogP contribution in [0.15, 0.2) is 48.5 Å². The Bertz CT molecular complexity index is 742. The first-order chi connectivity index (χ1) is 12.2. The van der Waals surface area contributed by atoms with Crippen molar-refractivity contribution in [3.8, 4) is 0 Å². The number of para-hydroxylation sites is 1. The zero-order valence-electron chi connectivity index (χ0n) is 14.9. The summed E-state index contributed by atoms with van der Waals surface area (Å²) in [6.45, 7) is 2.24. The molecule has 2 rings (SSSR count). The molecule has 1 atom stereocenters. The van der Waals surface area contributed by atoms with E-state index < -0.39 is 17.8 Å². The fourth-order valence-electron chi connectivity index (χ4n) is 2.58. The predicted octanol–water partition coefficient (Wildman–Crippen LogP) is 4.44. The lowest BCUT2D eigenvalue weighted by Crippen LogP contribution is -2.37. The van der Waals surface area contributed by atoms with Gasteiger partial charge in [-0.1, -0.05) is 42.0 Å². The van der Waals surface area contributed by atoms with Gasteiger partial charge in [0.1, 0.15) is 0 Å². The number of carbonyl (C=O) groups excluding carboxylic acids is 1. The first-order valence-corrected chi connectivity index (χ1v) is 8.12. The van der Waals surface area contributed by atoms with Crippen LogP contribution in [0.1, 0.15) is 22.7 Å². The number of benzene rings is 2. The number of anilines is 1. The zero-order chi connectivity index (χ0) is 19.3. The number of aryl methyl sites for hydroxylation is 1. The number of alkyl halides is 3. The van der Waals surface area contributed by atoms with Crippen LogP contribution in [-0.4, -0.2) is 31.6 Å². The van der Waals surface area contributed by atoms with Gasteiger partial charge in [0, 0.05) is 6.54 Å². The number of hydrogen-bond donors (Lipinski definition) is 2. The molecule has 0 saturated carbocycles. The van der Waals surface area contributed by atoms with Gasteiger partial charge in [0.25, 0.3) is 0 Å². The average molecular weight is 365 g/mol. The number of amides is 2. The standard InChI is InChI=1S/C19H22F3N3O/c1-13-8-10-14(11-9-13)17(25(2)3)12-23-18(26)24-16-7-5-4-6-15(16)19(20,21)22/h4-11,17H,12H2,1-3H3,(H2,23,24,26). The molecule has 2 amide bonds. The van der Waals surface area contributed by atoms with Gasteiger partial charge in [0.2, 0.25) is 0 Å². The van der Waals surface area contributed by atoms with Crippen molar-refractivity contribution in [3.63, 3.8) is 0 Å². The number of hydrogen-bond acceptors (Lipinski definition) is 2. The fraction of sp³-hybridized carbons (Fsp3) is 0.316. The van der Waals surface area contributed by atoms with E-state index in [0.717, 1.165) is 17.2 Å². The second-order valence-corrected chi connectivity index (χ2v) is 6.27. The van der Waals surface area contributed by atoms with E-state index in [4.69, 9.17) is 0 Å². The van der Waals surface area contributed by atoms with Crippen LogP contribution in [0.25, 0.3) is 0 Å². The lowest BCUT2D eigenvalue weighted by atomic mass is 10.0. The van der Waals surface area contributed by atoms with Crippen molar-refractivity contribution in [2.45, 2.75) is 19.1 Å². The number of rotatable bonds is 5. The Hall–Kier alpha value is -2.54. The van der Waals surface area contributed by atoms with E-state index in [1.807, 2.05) is 50.2 Å². The third-order valence-electron chi connectivity index (χ3n) is 4.02. The number of urea groups is 1. The van der Waals surface area contributed by atoms with E-state index in [0.29, 0.717) is 0 Å². The summed E-state index contributed by atoms with van der Waals surface area (Å²) in [7, 11) is 3.76. The largest absolute Gasteiger partial charge is 0.418 e. The quantitative estimate of drug-likeness (QED) is 0.823. The molecule has 7 heteroatoms. The van der Waals surface area contributed by atoms with Crippen molar-refractivity contribution < 1.29 is 18.0 Å². The smallest absolute Gasteiger partial charge is 0.336 e. The van der Waals surface area contributed by atoms with Crippen molar-refractivity contribution in [2.24, 2.45) is 0 Å². The van der Waals surface area contributed by atoms with E-state index in [-0.39, 0.29) is 18.3 Å². The van der Waals surface area contributed by atoms with Crippen molar-refractivity contribution in [3.05, 3.63) is 65.2 Å². The molecular formula is C19H22F3N3O. The Balaban J connectivity index is 2.05. The molecule has 1 unspecified atom stereocenters. The van der Waals surface area contributed by atoms with Crippen LogP contribution in [0, 0.1) is 6.92 Å². The minimum atomic E-state index is -4.53. The molecular weight excluding hydrogens is 343 g/mol. The zero-order valence-corrected chi connectivity index (χ0v) is 14.9. The van der Waals surface area contributed by atoms with Gasteiger partial charge >= 0.3 is 12.2 Å². The van der Waals surface area contributed by atoms with Gasteiger partial charge in [-0.15, -0.1) is 0 Å². The molecule has 0 spiro atoms. The Morgan fingerprint density at radius 1 is 1.08 bits per heavy atom. The summed E-state index contributed by atoms with van der Waals surface area (Å²) in [5, 5.41) is 4.93. The highest BCUT2D eigenvalue weighted by Crippen LogP contribution is 2.34. The molecule has 2 aromatic rings. The van der Waals surface area contributed by atoms with Crippen LogP contribution in [-0.2, 0) is 6.18 Å². The van der Waals surface area contributed by atoms with Gasteiger partial charge in [0.05, 0.1) is 17.3 Å². The van der Waals surface area contributed by atoms with E-state index in [1.54, 1.807) is 0 Å². The van der Waals surface area contributed by atoms with Crippen LogP contribution in [0.5, 0.6) is 0 Å². The highest BCUT2D eigenvalue weighted by Gasteiger charge is 2.33. The third-order valence-corrected chi connectivity index (χ3v) is 4.02.